The van der Waals surface area contributed by atoms with E-state index >= 15 is 0 Å². The zero-order valence-corrected chi connectivity index (χ0v) is 15.3. The van der Waals surface area contributed by atoms with Gasteiger partial charge >= 0.3 is 0 Å². The lowest BCUT2D eigenvalue weighted by atomic mass is 10.2. The van der Waals surface area contributed by atoms with Crippen molar-refractivity contribution >= 4 is 11.9 Å². The molecule has 0 spiro atoms. The Morgan fingerprint density at radius 1 is 1.24 bits per heavy atom. The number of amides is 1. The second kappa shape index (κ2) is 9.13. The molecule has 0 aliphatic carbocycles. The Balaban J connectivity index is 2.24. The largest absolute Gasteiger partial charge is 0.383 e. The lowest BCUT2D eigenvalue weighted by Gasteiger charge is -2.27. The summed E-state index contributed by atoms with van der Waals surface area (Å²) in [6.07, 6.45) is 0. The lowest BCUT2D eigenvalue weighted by molar-refractivity contribution is 0.0932. The molecule has 0 unspecified atom stereocenters. The summed E-state index contributed by atoms with van der Waals surface area (Å²) >= 11 is 0. The summed E-state index contributed by atoms with van der Waals surface area (Å²) in [6.45, 7) is 7.66. The van der Waals surface area contributed by atoms with E-state index in [0.29, 0.717) is 31.3 Å². The van der Waals surface area contributed by atoms with Gasteiger partial charge in [0.2, 0.25) is 5.95 Å². The molecule has 0 fully saturated rings. The fourth-order valence-electron chi connectivity index (χ4n) is 2.42. The summed E-state index contributed by atoms with van der Waals surface area (Å²) in [5, 5.41) is 2.80. The summed E-state index contributed by atoms with van der Waals surface area (Å²) in [4.78, 5) is 23.4. The Bertz CT molecular complexity index is 689. The van der Waals surface area contributed by atoms with E-state index in [1.165, 1.54) is 5.56 Å². The van der Waals surface area contributed by atoms with Gasteiger partial charge in [0.05, 0.1) is 6.61 Å². The number of aryl methyl sites for hydroxylation is 1. The Hall–Kier alpha value is -2.47. The first-order valence-electron chi connectivity index (χ1n) is 8.44. The van der Waals surface area contributed by atoms with Crippen LogP contribution in [-0.4, -0.2) is 42.2 Å². The molecule has 0 aliphatic rings. The molecular weight excluding hydrogens is 316 g/mol. The third kappa shape index (κ3) is 5.53. The molecule has 2 rings (SSSR count). The van der Waals surface area contributed by atoms with Gasteiger partial charge in [0.15, 0.2) is 0 Å². The maximum Gasteiger partial charge on any atom is 0.270 e. The van der Waals surface area contributed by atoms with Crippen LogP contribution in [0.1, 0.15) is 35.6 Å². The van der Waals surface area contributed by atoms with E-state index in [4.69, 9.17) is 4.74 Å². The van der Waals surface area contributed by atoms with Crippen LogP contribution in [0.3, 0.4) is 0 Å². The summed E-state index contributed by atoms with van der Waals surface area (Å²) in [7, 11) is 1.60. The number of carbonyl (C=O) groups excluding carboxylic acids is 1. The molecule has 0 atom stereocenters. The van der Waals surface area contributed by atoms with E-state index in [9.17, 15) is 4.79 Å². The van der Waals surface area contributed by atoms with Gasteiger partial charge in [0.25, 0.3) is 5.91 Å². The minimum Gasteiger partial charge on any atom is -0.383 e. The molecule has 1 aromatic heterocycles. The van der Waals surface area contributed by atoms with Gasteiger partial charge in [0.1, 0.15) is 5.69 Å². The van der Waals surface area contributed by atoms with Crippen LogP contribution < -0.4 is 10.2 Å². The van der Waals surface area contributed by atoms with Gasteiger partial charge in [0, 0.05) is 31.9 Å². The van der Waals surface area contributed by atoms with Crippen LogP contribution in [0.4, 0.5) is 5.95 Å². The summed E-state index contributed by atoms with van der Waals surface area (Å²) < 4.78 is 4.96. The maximum absolute atomic E-state index is 12.3. The van der Waals surface area contributed by atoms with Crippen LogP contribution in [0.15, 0.2) is 36.4 Å². The molecule has 134 valence electrons. The fraction of sp³-hybridized carbons (Fsp3) is 0.421. The molecule has 1 heterocycles. The highest BCUT2D eigenvalue weighted by molar-refractivity contribution is 5.92. The first-order valence-corrected chi connectivity index (χ1v) is 8.44. The topological polar surface area (TPSA) is 67.3 Å². The average Bonchev–Trinajstić information content (AvgIpc) is 2.60. The van der Waals surface area contributed by atoms with Crippen LogP contribution in [0.5, 0.6) is 0 Å². The number of hydrogen-bond donors (Lipinski definition) is 1. The van der Waals surface area contributed by atoms with Crippen LogP contribution in [0.25, 0.3) is 0 Å². The van der Waals surface area contributed by atoms with E-state index in [1.807, 2.05) is 25.1 Å². The monoisotopic (exact) mass is 342 g/mol. The SMILES string of the molecule is COCCNC(=O)c1cc(C)nc(N(Cc2ccccc2)C(C)C)n1. The number of anilines is 1. The average molecular weight is 342 g/mol. The second-order valence-electron chi connectivity index (χ2n) is 6.15. The first kappa shape index (κ1) is 18.9. The Morgan fingerprint density at radius 3 is 2.60 bits per heavy atom. The third-order valence-electron chi connectivity index (χ3n) is 3.74. The van der Waals surface area contributed by atoms with Crippen molar-refractivity contribution < 1.29 is 9.53 Å². The van der Waals surface area contributed by atoms with Gasteiger partial charge in [-0.25, -0.2) is 9.97 Å². The smallest absolute Gasteiger partial charge is 0.270 e. The van der Waals surface area contributed by atoms with Crippen molar-refractivity contribution in [3.8, 4) is 0 Å². The zero-order valence-electron chi connectivity index (χ0n) is 15.3. The molecule has 1 amide bonds. The summed E-state index contributed by atoms with van der Waals surface area (Å²) in [5.41, 5.74) is 2.31. The number of ether oxygens (including phenoxy) is 1. The minimum absolute atomic E-state index is 0.200. The highest BCUT2D eigenvalue weighted by Gasteiger charge is 2.17. The number of methoxy groups -OCH3 is 1. The van der Waals surface area contributed by atoms with Crippen molar-refractivity contribution in [3.63, 3.8) is 0 Å². The molecule has 1 aromatic carbocycles. The number of hydrogen-bond acceptors (Lipinski definition) is 5. The van der Waals surface area contributed by atoms with Gasteiger partial charge in [-0.3, -0.25) is 4.79 Å². The molecule has 0 saturated carbocycles. The maximum atomic E-state index is 12.3. The van der Waals surface area contributed by atoms with E-state index in [1.54, 1.807) is 13.2 Å². The predicted molar refractivity (Wildman–Crippen MR) is 98.7 cm³/mol. The van der Waals surface area contributed by atoms with Gasteiger partial charge in [-0.1, -0.05) is 30.3 Å². The molecule has 2 aromatic rings. The van der Waals surface area contributed by atoms with Crippen molar-refractivity contribution in [1.29, 1.82) is 0 Å². The van der Waals surface area contributed by atoms with Gasteiger partial charge in [-0.15, -0.1) is 0 Å². The molecule has 0 bridgehead atoms. The number of nitrogens with zero attached hydrogens (tertiary/aromatic N) is 3. The Kier molecular flexibility index (Phi) is 6.89. The van der Waals surface area contributed by atoms with Crippen molar-refractivity contribution in [2.75, 3.05) is 25.2 Å². The number of carbonyl (C=O) groups is 1. The van der Waals surface area contributed by atoms with Gasteiger partial charge in [-0.2, -0.15) is 0 Å². The highest BCUT2D eigenvalue weighted by atomic mass is 16.5. The molecule has 25 heavy (non-hydrogen) atoms. The fourth-order valence-corrected chi connectivity index (χ4v) is 2.42. The van der Waals surface area contributed by atoms with Crippen LogP contribution in [-0.2, 0) is 11.3 Å². The van der Waals surface area contributed by atoms with E-state index in [-0.39, 0.29) is 11.9 Å². The number of nitrogens with one attached hydrogen (secondary N) is 1. The molecule has 1 N–H and O–H groups in total. The van der Waals surface area contributed by atoms with Gasteiger partial charge in [-0.05, 0) is 32.4 Å². The number of benzene rings is 1. The second-order valence-corrected chi connectivity index (χ2v) is 6.15. The lowest BCUT2D eigenvalue weighted by Crippen LogP contribution is -2.33. The van der Waals surface area contributed by atoms with E-state index in [2.05, 4.69) is 46.2 Å². The molecule has 6 nitrogen and oxygen atoms in total. The molecule has 6 heteroatoms. The van der Waals surface area contributed by atoms with Gasteiger partial charge < -0.3 is 15.0 Å². The molecule has 0 radical (unpaired) electrons. The molecular formula is C19H26N4O2. The highest BCUT2D eigenvalue weighted by Crippen LogP contribution is 2.17. The standard InChI is InChI=1S/C19H26N4O2/c1-14(2)23(13-16-8-6-5-7-9-16)19-21-15(3)12-17(22-19)18(24)20-10-11-25-4/h5-9,12,14H,10-11,13H2,1-4H3,(H,20,24). The Labute approximate surface area is 149 Å². The summed E-state index contributed by atoms with van der Waals surface area (Å²) in [5.74, 6) is 0.350. The summed E-state index contributed by atoms with van der Waals surface area (Å²) in [6, 6.07) is 12.1. The quantitative estimate of drug-likeness (QED) is 0.747. The molecule has 0 aliphatic heterocycles. The van der Waals surface area contributed by atoms with Crippen molar-refractivity contribution in [2.45, 2.75) is 33.4 Å². The normalized spacial score (nSPS) is 10.8. The van der Waals surface area contributed by atoms with Crippen LogP contribution in [0, 0.1) is 6.92 Å². The predicted octanol–water partition coefficient (Wildman–Crippen LogP) is 2.58. The number of rotatable bonds is 8. The minimum atomic E-state index is -0.216. The zero-order chi connectivity index (χ0) is 18.2. The first-order chi connectivity index (χ1) is 12.0. The van der Waals surface area contributed by atoms with Crippen molar-refractivity contribution in [1.82, 2.24) is 15.3 Å². The van der Waals surface area contributed by atoms with Crippen molar-refractivity contribution in [2.24, 2.45) is 0 Å². The number of aromatic nitrogens is 2. The van der Waals surface area contributed by atoms with Crippen LogP contribution in [0.2, 0.25) is 0 Å². The van der Waals surface area contributed by atoms with Crippen LogP contribution >= 0.6 is 0 Å². The third-order valence-corrected chi connectivity index (χ3v) is 3.74. The molecule has 0 saturated heterocycles. The van der Waals surface area contributed by atoms with E-state index in [0.717, 1.165) is 5.69 Å². The Morgan fingerprint density at radius 2 is 1.96 bits per heavy atom. The van der Waals surface area contributed by atoms with Crippen molar-refractivity contribution in [3.05, 3.63) is 53.3 Å². The van der Waals surface area contributed by atoms with E-state index < -0.39 is 0 Å².